The lowest BCUT2D eigenvalue weighted by atomic mass is 10.1. The normalized spacial score (nSPS) is 11.5. The number of hydrogen-bond acceptors (Lipinski definition) is 1. The van der Waals surface area contributed by atoms with Crippen molar-refractivity contribution in [3.05, 3.63) is 76.7 Å². The van der Waals surface area contributed by atoms with Gasteiger partial charge in [0.25, 0.3) is 0 Å². The highest BCUT2D eigenvalue weighted by atomic mass is 35.5. The number of nitrogens with zero attached hydrogens (tertiary/aromatic N) is 2. The molecule has 0 atom stereocenters. The van der Waals surface area contributed by atoms with Gasteiger partial charge in [-0.25, -0.2) is 0 Å². The molecule has 0 aliphatic rings. The molecule has 2 nitrogen and oxygen atoms in total. The van der Waals surface area contributed by atoms with Gasteiger partial charge in [-0.05, 0) is 36.2 Å². The van der Waals surface area contributed by atoms with Crippen LogP contribution in [0.4, 0.5) is 0 Å². The number of fused-ring (bicyclic) bond motifs is 1. The van der Waals surface area contributed by atoms with E-state index in [-0.39, 0.29) is 12.4 Å². The minimum Gasteiger partial charge on any atom is -1.00 e. The molecule has 0 fully saturated rings. The molecular formula is C19H19Cl2N2-. The Morgan fingerprint density at radius 1 is 1.04 bits per heavy atom. The van der Waals surface area contributed by atoms with E-state index < -0.39 is 0 Å². The first-order valence-electron chi connectivity index (χ1n) is 7.61. The molecular weight excluding hydrogens is 327 g/mol. The quantitative estimate of drug-likeness (QED) is 0.684. The summed E-state index contributed by atoms with van der Waals surface area (Å²) in [7, 11) is 0. The number of aromatic nitrogens is 1. The zero-order chi connectivity index (χ0) is 15.4. The maximum atomic E-state index is 6.21. The van der Waals surface area contributed by atoms with Gasteiger partial charge in [0.05, 0.1) is 10.9 Å². The fourth-order valence-corrected chi connectivity index (χ4v) is 2.74. The van der Waals surface area contributed by atoms with Gasteiger partial charge in [-0.15, -0.1) is 0 Å². The predicted molar refractivity (Wildman–Crippen MR) is 93.2 cm³/mol. The molecule has 120 valence electrons. The summed E-state index contributed by atoms with van der Waals surface area (Å²) in [6, 6.07) is 18.5. The number of pyridine rings is 1. The van der Waals surface area contributed by atoms with E-state index in [1.54, 1.807) is 0 Å². The highest BCUT2D eigenvalue weighted by Gasteiger charge is 2.03. The fourth-order valence-electron chi connectivity index (χ4n) is 2.58. The van der Waals surface area contributed by atoms with E-state index in [2.05, 4.69) is 59.1 Å². The van der Waals surface area contributed by atoms with Crippen molar-refractivity contribution < 1.29 is 12.4 Å². The van der Waals surface area contributed by atoms with E-state index >= 15 is 0 Å². The van der Waals surface area contributed by atoms with Crippen molar-refractivity contribution in [1.29, 1.82) is 0 Å². The summed E-state index contributed by atoms with van der Waals surface area (Å²) in [5.41, 5.74) is 2.39. The van der Waals surface area contributed by atoms with Crippen LogP contribution >= 0.6 is 11.6 Å². The second-order valence-corrected chi connectivity index (χ2v) is 5.79. The minimum absolute atomic E-state index is 0. The predicted octanol–water partition coefficient (Wildman–Crippen LogP) is 1.66. The van der Waals surface area contributed by atoms with Crippen LogP contribution in [0.5, 0.6) is 0 Å². The molecule has 0 saturated carbocycles. The third-order valence-electron chi connectivity index (χ3n) is 3.66. The molecule has 0 spiro atoms. The highest BCUT2D eigenvalue weighted by Crippen LogP contribution is 2.18. The second-order valence-electron chi connectivity index (χ2n) is 5.36. The van der Waals surface area contributed by atoms with Crippen molar-refractivity contribution in [1.82, 2.24) is 4.57 Å². The number of rotatable bonds is 4. The molecule has 0 aliphatic carbocycles. The summed E-state index contributed by atoms with van der Waals surface area (Å²) >= 11 is 6.21. The van der Waals surface area contributed by atoms with E-state index in [1.807, 2.05) is 18.2 Å². The molecule has 0 amide bonds. The summed E-state index contributed by atoms with van der Waals surface area (Å²) in [6.07, 6.45) is 3.15. The molecule has 3 rings (SSSR count). The maximum Gasteiger partial charge on any atom is 0.0682 e. The van der Waals surface area contributed by atoms with Crippen molar-refractivity contribution in [2.45, 2.75) is 19.9 Å². The average Bonchev–Trinajstić information content (AvgIpc) is 2.55. The van der Waals surface area contributed by atoms with Crippen LogP contribution < -0.4 is 17.8 Å². The molecule has 0 aliphatic heterocycles. The molecule has 0 saturated heterocycles. The molecule has 0 bridgehead atoms. The highest BCUT2D eigenvalue weighted by molar-refractivity contribution is 6.31. The van der Waals surface area contributed by atoms with Gasteiger partial charge in [0.2, 0.25) is 0 Å². The van der Waals surface area contributed by atoms with Crippen LogP contribution in [0.1, 0.15) is 18.9 Å². The van der Waals surface area contributed by atoms with E-state index in [9.17, 15) is 0 Å². The van der Waals surface area contributed by atoms with Crippen LogP contribution in [0.15, 0.2) is 65.8 Å². The van der Waals surface area contributed by atoms with Gasteiger partial charge in [0.1, 0.15) is 0 Å². The van der Waals surface area contributed by atoms with Gasteiger partial charge in [0, 0.05) is 29.7 Å². The van der Waals surface area contributed by atoms with Crippen LogP contribution in [0.3, 0.4) is 0 Å². The van der Waals surface area contributed by atoms with Gasteiger partial charge in [-0.1, -0.05) is 48.9 Å². The Balaban J connectivity index is 0.00000192. The molecule has 4 heteroatoms. The number of halogens is 2. The summed E-state index contributed by atoms with van der Waals surface area (Å²) in [5, 5.41) is 2.94. The molecule has 1 aromatic heterocycles. The Morgan fingerprint density at radius 2 is 1.83 bits per heavy atom. The molecule has 0 N–H and O–H groups in total. The summed E-state index contributed by atoms with van der Waals surface area (Å²) in [6.45, 7) is 3.81. The molecule has 0 unspecified atom stereocenters. The van der Waals surface area contributed by atoms with E-state index in [1.165, 1.54) is 5.56 Å². The van der Waals surface area contributed by atoms with Crippen molar-refractivity contribution in [2.24, 2.45) is 4.99 Å². The first kappa shape index (κ1) is 17.6. The molecule has 0 radical (unpaired) electrons. The Labute approximate surface area is 147 Å². The van der Waals surface area contributed by atoms with Crippen molar-refractivity contribution >= 4 is 22.5 Å². The average molecular weight is 346 g/mol. The van der Waals surface area contributed by atoms with Crippen LogP contribution in [0.25, 0.3) is 10.9 Å². The van der Waals surface area contributed by atoms with E-state index in [0.717, 1.165) is 40.8 Å². The number of benzene rings is 2. The molecule has 1 heterocycles. The summed E-state index contributed by atoms with van der Waals surface area (Å²) in [4.78, 5) is 4.67. The van der Waals surface area contributed by atoms with Crippen LogP contribution in [0.2, 0.25) is 5.02 Å². The lowest BCUT2D eigenvalue weighted by Gasteiger charge is -2.12. The third-order valence-corrected chi connectivity index (χ3v) is 3.89. The first-order valence-corrected chi connectivity index (χ1v) is 7.99. The van der Waals surface area contributed by atoms with Crippen LogP contribution in [-0.2, 0) is 6.54 Å². The van der Waals surface area contributed by atoms with Crippen LogP contribution in [-0.4, -0.2) is 11.1 Å². The third kappa shape index (κ3) is 4.15. The molecule has 2 aromatic carbocycles. The maximum absolute atomic E-state index is 6.21. The van der Waals surface area contributed by atoms with Gasteiger partial charge in [0.15, 0.2) is 0 Å². The van der Waals surface area contributed by atoms with Gasteiger partial charge in [-0.2, -0.15) is 0 Å². The van der Waals surface area contributed by atoms with Gasteiger partial charge < -0.3 is 17.0 Å². The fraction of sp³-hybridized carbons (Fsp3) is 0.211. The monoisotopic (exact) mass is 345 g/mol. The Morgan fingerprint density at radius 3 is 2.57 bits per heavy atom. The Hall–Kier alpha value is -1.77. The molecule has 23 heavy (non-hydrogen) atoms. The van der Waals surface area contributed by atoms with E-state index in [4.69, 9.17) is 11.6 Å². The van der Waals surface area contributed by atoms with Gasteiger partial charge >= 0.3 is 0 Å². The standard InChI is InChI=1S/C19H19ClN2.ClH/c1-2-11-21-18-10-12-22(14-15-6-4-3-5-7-15)19-13-16(20)8-9-17(18)19;/h3-10,12-13H,2,11,14H2,1H3;1H/p-1. The lowest BCUT2D eigenvalue weighted by Crippen LogP contribution is -3.00. The largest absolute Gasteiger partial charge is 1.00 e. The van der Waals surface area contributed by atoms with Crippen LogP contribution in [0, 0.1) is 0 Å². The topological polar surface area (TPSA) is 17.3 Å². The number of hydrogen-bond donors (Lipinski definition) is 0. The molecule has 3 aromatic rings. The SMILES string of the molecule is CCCN=c1ccn(Cc2ccccc2)c2cc(Cl)ccc12.[Cl-]. The zero-order valence-electron chi connectivity index (χ0n) is 13.0. The van der Waals surface area contributed by atoms with Crippen molar-refractivity contribution in [2.75, 3.05) is 6.54 Å². The van der Waals surface area contributed by atoms with Crippen molar-refractivity contribution in [3.63, 3.8) is 0 Å². The van der Waals surface area contributed by atoms with E-state index in [0.29, 0.717) is 0 Å². The first-order chi connectivity index (χ1) is 10.8. The Kier molecular flexibility index (Phi) is 6.26. The lowest BCUT2D eigenvalue weighted by molar-refractivity contribution is -0.00000438. The summed E-state index contributed by atoms with van der Waals surface area (Å²) in [5.74, 6) is 0. The van der Waals surface area contributed by atoms with Gasteiger partial charge in [-0.3, -0.25) is 4.99 Å². The smallest absolute Gasteiger partial charge is 0.0682 e. The second kappa shape index (κ2) is 8.19. The van der Waals surface area contributed by atoms with Crippen molar-refractivity contribution in [3.8, 4) is 0 Å². The minimum atomic E-state index is 0. The summed E-state index contributed by atoms with van der Waals surface area (Å²) < 4.78 is 2.22. The zero-order valence-corrected chi connectivity index (χ0v) is 14.6. The Bertz CT molecular complexity index is 839.